The standard InChI is InChI=1S/C19H29N3O5S/c1-3-4-5-6-12-26-19-18(20-28-21-19)15-8-7-11-22(2,13-15)14-27-17(25)10-9-16(23)24/h8H,3-7,9-14H2,1-2H3/p+1. The Kier molecular flexibility index (Phi) is 8.85. The van der Waals surface area contributed by atoms with E-state index in [2.05, 4.69) is 21.7 Å². The monoisotopic (exact) mass is 412 g/mol. The number of carboxylic acid groups (broad SMARTS) is 1. The van der Waals surface area contributed by atoms with Gasteiger partial charge in [0, 0.05) is 12.0 Å². The molecule has 2 heterocycles. The summed E-state index contributed by atoms with van der Waals surface area (Å²) in [6.45, 7) is 4.52. The summed E-state index contributed by atoms with van der Waals surface area (Å²) in [7, 11) is 2.02. The molecule has 1 unspecified atom stereocenters. The molecule has 1 aliphatic rings. The number of rotatable bonds is 12. The van der Waals surface area contributed by atoms with E-state index in [0.717, 1.165) is 48.8 Å². The molecule has 1 aliphatic heterocycles. The van der Waals surface area contributed by atoms with Gasteiger partial charge in [-0.05, 0) is 6.42 Å². The topological polar surface area (TPSA) is 98.6 Å². The van der Waals surface area contributed by atoms with E-state index in [0.29, 0.717) is 23.5 Å². The minimum atomic E-state index is -1.00. The molecule has 9 heteroatoms. The Bertz CT molecular complexity index is 691. The molecule has 0 fully saturated rings. The third-order valence-corrected chi connectivity index (χ3v) is 5.20. The average molecular weight is 413 g/mol. The molecule has 156 valence electrons. The fraction of sp³-hybridized carbons (Fsp3) is 0.684. The number of aliphatic carboxylic acids is 1. The third kappa shape index (κ3) is 7.20. The zero-order valence-corrected chi connectivity index (χ0v) is 17.5. The Morgan fingerprint density at radius 3 is 2.82 bits per heavy atom. The van der Waals surface area contributed by atoms with E-state index in [1.807, 2.05) is 7.05 Å². The van der Waals surface area contributed by atoms with Crippen molar-refractivity contribution in [2.75, 3.05) is 33.5 Å². The number of nitrogens with zero attached hydrogens (tertiary/aromatic N) is 3. The van der Waals surface area contributed by atoms with Crippen LogP contribution in [0.5, 0.6) is 5.88 Å². The highest BCUT2D eigenvalue weighted by atomic mass is 32.1. The summed E-state index contributed by atoms with van der Waals surface area (Å²) >= 11 is 1.14. The number of carbonyl (C=O) groups excluding carboxylic acids is 1. The van der Waals surface area contributed by atoms with Gasteiger partial charge in [-0.2, -0.15) is 4.37 Å². The van der Waals surface area contributed by atoms with Gasteiger partial charge < -0.3 is 14.6 Å². The van der Waals surface area contributed by atoms with Crippen LogP contribution in [0.1, 0.15) is 57.6 Å². The van der Waals surface area contributed by atoms with Crippen LogP contribution >= 0.6 is 11.7 Å². The molecular weight excluding hydrogens is 382 g/mol. The number of quaternary nitrogens is 1. The lowest BCUT2D eigenvalue weighted by atomic mass is 10.1. The normalized spacial score (nSPS) is 19.1. The first-order valence-corrected chi connectivity index (χ1v) is 10.5. The molecule has 0 saturated heterocycles. The maximum Gasteiger partial charge on any atom is 0.310 e. The van der Waals surface area contributed by atoms with Crippen LogP contribution in [0.15, 0.2) is 6.08 Å². The van der Waals surface area contributed by atoms with Crippen LogP contribution in [-0.2, 0) is 14.3 Å². The van der Waals surface area contributed by atoms with Crippen molar-refractivity contribution in [2.24, 2.45) is 0 Å². The fourth-order valence-electron chi connectivity index (χ4n) is 3.07. The van der Waals surface area contributed by atoms with Crippen LogP contribution in [0.4, 0.5) is 0 Å². The highest BCUT2D eigenvalue weighted by Crippen LogP contribution is 2.30. The minimum absolute atomic E-state index is 0.107. The van der Waals surface area contributed by atoms with Crippen molar-refractivity contribution in [2.45, 2.75) is 51.9 Å². The molecule has 0 bridgehead atoms. The highest BCUT2D eigenvalue weighted by Gasteiger charge is 2.31. The number of hydrogen-bond donors (Lipinski definition) is 1. The van der Waals surface area contributed by atoms with Crippen LogP contribution in [-0.4, -0.2) is 63.8 Å². The number of esters is 1. The first kappa shape index (κ1) is 22.3. The highest BCUT2D eigenvalue weighted by molar-refractivity contribution is 6.99. The van der Waals surface area contributed by atoms with E-state index in [4.69, 9.17) is 14.6 Å². The van der Waals surface area contributed by atoms with Gasteiger partial charge in [0.25, 0.3) is 5.88 Å². The smallest absolute Gasteiger partial charge is 0.310 e. The van der Waals surface area contributed by atoms with Crippen molar-refractivity contribution in [3.8, 4) is 5.88 Å². The average Bonchev–Trinajstić information content (AvgIpc) is 3.13. The molecule has 0 radical (unpaired) electrons. The molecule has 1 aromatic heterocycles. The number of carboxylic acids is 1. The molecule has 2 rings (SSSR count). The van der Waals surface area contributed by atoms with Gasteiger partial charge in [-0.15, -0.1) is 4.37 Å². The summed E-state index contributed by atoms with van der Waals surface area (Å²) in [5.74, 6) is -0.900. The van der Waals surface area contributed by atoms with E-state index >= 15 is 0 Å². The number of ether oxygens (including phenoxy) is 2. The molecule has 1 atom stereocenters. The maximum atomic E-state index is 11.7. The second kappa shape index (κ2) is 11.1. The van der Waals surface area contributed by atoms with E-state index in [1.54, 1.807) is 0 Å². The van der Waals surface area contributed by atoms with Gasteiger partial charge in [-0.1, -0.05) is 32.3 Å². The number of aromatic nitrogens is 2. The lowest BCUT2D eigenvalue weighted by Crippen LogP contribution is -2.49. The van der Waals surface area contributed by atoms with Gasteiger partial charge in [-0.25, -0.2) is 0 Å². The summed E-state index contributed by atoms with van der Waals surface area (Å²) in [6, 6.07) is 0. The van der Waals surface area contributed by atoms with E-state index in [-0.39, 0.29) is 19.6 Å². The zero-order valence-electron chi connectivity index (χ0n) is 16.7. The van der Waals surface area contributed by atoms with E-state index in [1.165, 1.54) is 12.8 Å². The summed E-state index contributed by atoms with van der Waals surface area (Å²) in [4.78, 5) is 22.3. The predicted octanol–water partition coefficient (Wildman–Crippen LogP) is 3.10. The SMILES string of the molecule is CCCCCCOc1nsnc1C1=CCC[N+](C)(COC(=O)CCC(=O)O)C1. The lowest BCUT2D eigenvalue weighted by molar-refractivity contribution is -0.919. The van der Waals surface area contributed by atoms with Crippen molar-refractivity contribution in [3.63, 3.8) is 0 Å². The summed E-state index contributed by atoms with van der Waals surface area (Å²) < 4.78 is 20.4. The minimum Gasteiger partial charge on any atom is -0.481 e. The number of hydrogen-bond acceptors (Lipinski definition) is 7. The van der Waals surface area contributed by atoms with Crippen LogP contribution in [0.3, 0.4) is 0 Å². The van der Waals surface area contributed by atoms with Gasteiger partial charge in [0.1, 0.15) is 12.2 Å². The first-order valence-electron chi connectivity index (χ1n) is 9.79. The summed E-state index contributed by atoms with van der Waals surface area (Å²) in [6.07, 6.45) is 7.21. The van der Waals surface area contributed by atoms with Gasteiger partial charge in [0.15, 0.2) is 0 Å². The number of carbonyl (C=O) groups is 2. The molecule has 0 saturated carbocycles. The fourth-order valence-corrected chi connectivity index (χ4v) is 3.60. The molecule has 0 aliphatic carbocycles. The van der Waals surface area contributed by atoms with E-state index in [9.17, 15) is 9.59 Å². The Balaban J connectivity index is 1.88. The molecule has 0 spiro atoms. The Morgan fingerprint density at radius 2 is 2.07 bits per heavy atom. The number of unbranched alkanes of at least 4 members (excludes halogenated alkanes) is 3. The van der Waals surface area contributed by atoms with Crippen molar-refractivity contribution < 1.29 is 28.7 Å². The van der Waals surface area contributed by atoms with E-state index < -0.39 is 11.9 Å². The summed E-state index contributed by atoms with van der Waals surface area (Å²) in [5, 5.41) is 8.66. The van der Waals surface area contributed by atoms with Gasteiger partial charge in [0.05, 0.1) is 44.8 Å². The van der Waals surface area contributed by atoms with Gasteiger partial charge >= 0.3 is 11.9 Å². The second-order valence-electron chi connectivity index (χ2n) is 7.39. The van der Waals surface area contributed by atoms with Crippen LogP contribution in [0.25, 0.3) is 5.57 Å². The van der Waals surface area contributed by atoms with Crippen molar-refractivity contribution in [1.29, 1.82) is 0 Å². The second-order valence-corrected chi connectivity index (χ2v) is 7.91. The first-order chi connectivity index (χ1) is 13.4. The van der Waals surface area contributed by atoms with Crippen LogP contribution in [0, 0.1) is 0 Å². The van der Waals surface area contributed by atoms with Gasteiger partial charge in [0.2, 0.25) is 6.73 Å². The largest absolute Gasteiger partial charge is 0.481 e. The molecule has 8 nitrogen and oxygen atoms in total. The molecular formula is C19H30N3O5S+. The van der Waals surface area contributed by atoms with Crippen molar-refractivity contribution in [3.05, 3.63) is 11.8 Å². The lowest BCUT2D eigenvalue weighted by Gasteiger charge is -2.36. The van der Waals surface area contributed by atoms with Crippen molar-refractivity contribution >= 4 is 29.2 Å². The Labute approximate surface area is 170 Å². The number of likely N-dealkylation sites (N-methyl/N-ethyl adjacent to an activating group) is 1. The predicted molar refractivity (Wildman–Crippen MR) is 106 cm³/mol. The molecule has 28 heavy (non-hydrogen) atoms. The molecule has 1 N–H and O–H groups in total. The maximum absolute atomic E-state index is 11.7. The molecule has 0 aromatic carbocycles. The quantitative estimate of drug-likeness (QED) is 0.320. The molecule has 1 aromatic rings. The van der Waals surface area contributed by atoms with Crippen LogP contribution in [0.2, 0.25) is 0 Å². The van der Waals surface area contributed by atoms with Crippen molar-refractivity contribution in [1.82, 2.24) is 8.75 Å². The molecule has 0 amide bonds. The summed E-state index contributed by atoms with van der Waals surface area (Å²) in [5.41, 5.74) is 1.83. The Hall–Kier alpha value is -2.00. The third-order valence-electron chi connectivity index (χ3n) is 4.69. The zero-order chi connectivity index (χ0) is 20.4. The van der Waals surface area contributed by atoms with Gasteiger partial charge in [-0.3, -0.25) is 14.1 Å². The van der Waals surface area contributed by atoms with Crippen LogP contribution < -0.4 is 4.74 Å². The Morgan fingerprint density at radius 1 is 1.25 bits per heavy atom.